The zero-order valence-electron chi connectivity index (χ0n) is 15.8. The first kappa shape index (κ1) is 18.2. The van der Waals surface area contributed by atoms with Gasteiger partial charge in [0.2, 0.25) is 0 Å². The normalized spacial score (nSPS) is 14.0. The molecule has 3 heterocycles. The standard InChI is InChI=1S/C21H23N5O2/c1-27-19-12-17(14-22-15-19)21-23-7-6-20(25-21)24-13-16-2-4-18(5-3-16)26-8-10-28-11-9-26/h2-7,12,14-15H,8-11,13H2,1H3,(H,23,24,25). The van der Waals surface area contributed by atoms with Gasteiger partial charge in [-0.15, -0.1) is 0 Å². The van der Waals surface area contributed by atoms with E-state index < -0.39 is 0 Å². The number of nitrogens with one attached hydrogen (secondary N) is 1. The largest absolute Gasteiger partial charge is 0.495 e. The van der Waals surface area contributed by atoms with Crippen LogP contribution in [0.3, 0.4) is 0 Å². The van der Waals surface area contributed by atoms with Gasteiger partial charge in [0.05, 0.1) is 26.5 Å². The monoisotopic (exact) mass is 377 g/mol. The fourth-order valence-corrected chi connectivity index (χ4v) is 3.09. The van der Waals surface area contributed by atoms with Gasteiger partial charge >= 0.3 is 0 Å². The molecule has 0 saturated carbocycles. The van der Waals surface area contributed by atoms with E-state index in [4.69, 9.17) is 9.47 Å². The van der Waals surface area contributed by atoms with Crippen LogP contribution in [0.1, 0.15) is 5.56 Å². The van der Waals surface area contributed by atoms with E-state index in [1.54, 1.807) is 25.7 Å². The van der Waals surface area contributed by atoms with Crippen LogP contribution in [0.15, 0.2) is 55.0 Å². The van der Waals surface area contributed by atoms with Crippen LogP contribution >= 0.6 is 0 Å². The first-order valence-electron chi connectivity index (χ1n) is 9.30. The summed E-state index contributed by atoms with van der Waals surface area (Å²) in [5.41, 5.74) is 3.25. The highest BCUT2D eigenvalue weighted by atomic mass is 16.5. The van der Waals surface area contributed by atoms with Crippen LogP contribution in [0.2, 0.25) is 0 Å². The van der Waals surface area contributed by atoms with Gasteiger partial charge in [0.25, 0.3) is 0 Å². The number of pyridine rings is 1. The Morgan fingerprint density at radius 3 is 2.71 bits per heavy atom. The summed E-state index contributed by atoms with van der Waals surface area (Å²) in [6.45, 7) is 4.17. The molecule has 0 unspecified atom stereocenters. The SMILES string of the molecule is COc1cncc(-c2nccc(NCc3ccc(N4CCOCC4)cc3)n2)c1. The minimum atomic E-state index is 0.610. The van der Waals surface area contributed by atoms with Crippen LogP contribution in [-0.4, -0.2) is 48.4 Å². The van der Waals surface area contributed by atoms with Gasteiger partial charge in [0, 0.05) is 43.3 Å². The van der Waals surface area contributed by atoms with Crippen molar-refractivity contribution >= 4 is 11.5 Å². The molecule has 1 saturated heterocycles. The summed E-state index contributed by atoms with van der Waals surface area (Å²) in [5, 5.41) is 3.36. The average molecular weight is 377 g/mol. The maximum atomic E-state index is 5.41. The van der Waals surface area contributed by atoms with Crippen molar-refractivity contribution in [3.05, 3.63) is 60.6 Å². The molecule has 1 fully saturated rings. The Morgan fingerprint density at radius 2 is 1.93 bits per heavy atom. The second-order valence-corrected chi connectivity index (χ2v) is 6.50. The van der Waals surface area contributed by atoms with Gasteiger partial charge in [-0.05, 0) is 29.8 Å². The third-order valence-corrected chi connectivity index (χ3v) is 4.65. The lowest BCUT2D eigenvalue weighted by Gasteiger charge is -2.28. The van der Waals surface area contributed by atoms with Gasteiger partial charge in [0.1, 0.15) is 11.6 Å². The number of anilines is 2. The predicted octanol–water partition coefficient (Wildman–Crippen LogP) is 3.00. The Balaban J connectivity index is 1.40. The van der Waals surface area contributed by atoms with Crippen molar-refractivity contribution in [1.29, 1.82) is 0 Å². The molecule has 0 spiro atoms. The number of methoxy groups -OCH3 is 1. The van der Waals surface area contributed by atoms with Crippen LogP contribution < -0.4 is 15.0 Å². The van der Waals surface area contributed by atoms with E-state index in [0.29, 0.717) is 18.1 Å². The molecular formula is C21H23N5O2. The molecule has 7 nitrogen and oxygen atoms in total. The number of nitrogens with zero attached hydrogens (tertiary/aromatic N) is 4. The molecule has 1 N–H and O–H groups in total. The van der Waals surface area contributed by atoms with E-state index in [2.05, 4.69) is 49.4 Å². The first-order valence-corrected chi connectivity index (χ1v) is 9.30. The van der Waals surface area contributed by atoms with Crippen molar-refractivity contribution in [1.82, 2.24) is 15.0 Å². The molecular weight excluding hydrogens is 354 g/mol. The maximum Gasteiger partial charge on any atom is 0.163 e. The van der Waals surface area contributed by atoms with E-state index in [1.807, 2.05) is 12.1 Å². The van der Waals surface area contributed by atoms with Crippen LogP contribution in [0.25, 0.3) is 11.4 Å². The minimum absolute atomic E-state index is 0.610. The highest BCUT2D eigenvalue weighted by molar-refractivity contribution is 5.57. The molecule has 1 aliphatic heterocycles. The average Bonchev–Trinajstić information content (AvgIpc) is 2.79. The topological polar surface area (TPSA) is 72.4 Å². The summed E-state index contributed by atoms with van der Waals surface area (Å²) < 4.78 is 10.6. The Hall–Kier alpha value is -3.19. The highest BCUT2D eigenvalue weighted by Gasteiger charge is 2.11. The number of ether oxygens (including phenoxy) is 2. The van der Waals surface area contributed by atoms with Crippen LogP contribution in [0.4, 0.5) is 11.5 Å². The minimum Gasteiger partial charge on any atom is -0.495 e. The molecule has 3 aromatic rings. The number of benzene rings is 1. The number of morpholine rings is 1. The molecule has 0 aliphatic carbocycles. The summed E-state index contributed by atoms with van der Waals surface area (Å²) in [6, 6.07) is 12.3. The Labute approximate surface area is 164 Å². The van der Waals surface area contributed by atoms with E-state index >= 15 is 0 Å². The van der Waals surface area contributed by atoms with Crippen molar-refractivity contribution in [3.63, 3.8) is 0 Å². The molecule has 28 heavy (non-hydrogen) atoms. The zero-order chi connectivity index (χ0) is 19.2. The van der Waals surface area contributed by atoms with Gasteiger partial charge in [-0.3, -0.25) is 4.98 Å². The van der Waals surface area contributed by atoms with E-state index in [1.165, 1.54) is 11.3 Å². The van der Waals surface area contributed by atoms with Gasteiger partial charge in [-0.1, -0.05) is 12.1 Å². The fraction of sp³-hybridized carbons (Fsp3) is 0.286. The third kappa shape index (κ3) is 4.37. The van der Waals surface area contributed by atoms with Gasteiger partial charge < -0.3 is 19.7 Å². The summed E-state index contributed by atoms with van der Waals surface area (Å²) >= 11 is 0. The van der Waals surface area contributed by atoms with Gasteiger partial charge in [0.15, 0.2) is 5.82 Å². The smallest absolute Gasteiger partial charge is 0.163 e. The third-order valence-electron chi connectivity index (χ3n) is 4.65. The van der Waals surface area contributed by atoms with Crippen molar-refractivity contribution in [2.75, 3.05) is 43.6 Å². The maximum absolute atomic E-state index is 5.41. The number of aromatic nitrogens is 3. The predicted molar refractivity (Wildman–Crippen MR) is 109 cm³/mol. The van der Waals surface area contributed by atoms with Crippen LogP contribution in [0, 0.1) is 0 Å². The van der Waals surface area contributed by atoms with Crippen molar-refractivity contribution in [2.45, 2.75) is 6.54 Å². The lowest BCUT2D eigenvalue weighted by atomic mass is 10.2. The first-order chi connectivity index (χ1) is 13.8. The second kappa shape index (κ2) is 8.67. The number of rotatable bonds is 6. The summed E-state index contributed by atoms with van der Waals surface area (Å²) in [5.74, 6) is 2.06. The Kier molecular flexibility index (Phi) is 5.63. The lowest BCUT2D eigenvalue weighted by Crippen LogP contribution is -2.36. The molecule has 4 rings (SSSR count). The summed E-state index contributed by atoms with van der Waals surface area (Å²) in [4.78, 5) is 15.4. The molecule has 1 aromatic carbocycles. The van der Waals surface area contributed by atoms with Crippen molar-refractivity contribution < 1.29 is 9.47 Å². The molecule has 0 radical (unpaired) electrons. The molecule has 0 atom stereocenters. The molecule has 1 aliphatic rings. The van der Waals surface area contributed by atoms with Crippen LogP contribution in [-0.2, 0) is 11.3 Å². The van der Waals surface area contributed by atoms with Crippen molar-refractivity contribution in [3.8, 4) is 17.1 Å². The number of hydrogen-bond donors (Lipinski definition) is 1. The highest BCUT2D eigenvalue weighted by Crippen LogP contribution is 2.21. The Morgan fingerprint density at radius 1 is 1.11 bits per heavy atom. The summed E-state index contributed by atoms with van der Waals surface area (Å²) in [6.07, 6.45) is 5.13. The molecule has 7 heteroatoms. The van der Waals surface area contributed by atoms with E-state index in [-0.39, 0.29) is 0 Å². The fourth-order valence-electron chi connectivity index (χ4n) is 3.09. The molecule has 0 amide bonds. The molecule has 144 valence electrons. The van der Waals surface area contributed by atoms with Crippen LogP contribution in [0.5, 0.6) is 5.75 Å². The van der Waals surface area contributed by atoms with Gasteiger partial charge in [-0.25, -0.2) is 9.97 Å². The zero-order valence-corrected chi connectivity index (χ0v) is 15.8. The summed E-state index contributed by atoms with van der Waals surface area (Å²) in [7, 11) is 1.62. The van der Waals surface area contributed by atoms with Crippen molar-refractivity contribution in [2.24, 2.45) is 0 Å². The lowest BCUT2D eigenvalue weighted by molar-refractivity contribution is 0.122. The molecule has 2 aromatic heterocycles. The van der Waals surface area contributed by atoms with E-state index in [9.17, 15) is 0 Å². The Bertz CT molecular complexity index is 911. The second-order valence-electron chi connectivity index (χ2n) is 6.50. The van der Waals surface area contributed by atoms with Gasteiger partial charge in [-0.2, -0.15) is 0 Å². The molecule has 0 bridgehead atoms. The van der Waals surface area contributed by atoms with E-state index in [0.717, 1.165) is 37.7 Å². The number of hydrogen-bond acceptors (Lipinski definition) is 7. The quantitative estimate of drug-likeness (QED) is 0.708.